The van der Waals surface area contributed by atoms with E-state index >= 15 is 0 Å². The van der Waals surface area contributed by atoms with Crippen LogP contribution in [0.25, 0.3) is 0 Å². The first kappa shape index (κ1) is 16.0. The summed E-state index contributed by atoms with van der Waals surface area (Å²) in [7, 11) is 1.67. The van der Waals surface area contributed by atoms with Gasteiger partial charge in [0.2, 0.25) is 0 Å². The van der Waals surface area contributed by atoms with Crippen LogP contribution in [0.3, 0.4) is 0 Å². The van der Waals surface area contributed by atoms with Crippen molar-refractivity contribution in [3.63, 3.8) is 0 Å². The minimum atomic E-state index is 0.148. The fourth-order valence-electron chi connectivity index (χ4n) is 2.49. The standard InChI is InChI=1S/C16H22BrN3O/c1-10(18)7-14-11(2)19-20(12(14)3)9-13-5-6-16(21-4)15(17)8-13/h5-6,8,10H,7,9,18H2,1-4H3. The summed E-state index contributed by atoms with van der Waals surface area (Å²) in [6, 6.07) is 6.25. The maximum Gasteiger partial charge on any atom is 0.133 e. The van der Waals surface area contributed by atoms with Crippen LogP contribution in [0.4, 0.5) is 0 Å². The van der Waals surface area contributed by atoms with Gasteiger partial charge in [0.1, 0.15) is 5.75 Å². The molecule has 0 amide bonds. The summed E-state index contributed by atoms with van der Waals surface area (Å²) in [5.74, 6) is 0.838. The highest BCUT2D eigenvalue weighted by Crippen LogP contribution is 2.26. The van der Waals surface area contributed by atoms with E-state index in [1.807, 2.05) is 24.6 Å². The van der Waals surface area contributed by atoms with Gasteiger partial charge in [-0.2, -0.15) is 5.10 Å². The molecule has 0 aliphatic rings. The van der Waals surface area contributed by atoms with Crippen LogP contribution in [0.2, 0.25) is 0 Å². The van der Waals surface area contributed by atoms with Crippen molar-refractivity contribution >= 4 is 15.9 Å². The van der Waals surface area contributed by atoms with Crippen LogP contribution in [0.1, 0.15) is 29.4 Å². The van der Waals surface area contributed by atoms with E-state index in [0.717, 1.165) is 28.9 Å². The summed E-state index contributed by atoms with van der Waals surface area (Å²) < 4.78 is 8.26. The monoisotopic (exact) mass is 351 g/mol. The van der Waals surface area contributed by atoms with Gasteiger partial charge in [-0.05, 0) is 66.4 Å². The van der Waals surface area contributed by atoms with Crippen LogP contribution in [0.5, 0.6) is 5.75 Å². The van der Waals surface area contributed by atoms with Gasteiger partial charge in [0.25, 0.3) is 0 Å². The zero-order valence-electron chi connectivity index (χ0n) is 13.0. The number of ether oxygens (including phenoxy) is 1. The van der Waals surface area contributed by atoms with Gasteiger partial charge in [-0.1, -0.05) is 6.07 Å². The number of benzene rings is 1. The van der Waals surface area contributed by atoms with Gasteiger partial charge in [-0.15, -0.1) is 0 Å². The van der Waals surface area contributed by atoms with E-state index in [4.69, 9.17) is 10.5 Å². The Labute approximate surface area is 134 Å². The molecule has 0 bridgehead atoms. The van der Waals surface area contributed by atoms with E-state index in [2.05, 4.69) is 40.1 Å². The highest BCUT2D eigenvalue weighted by atomic mass is 79.9. The van der Waals surface area contributed by atoms with Crippen molar-refractivity contribution in [2.24, 2.45) is 5.73 Å². The Morgan fingerprint density at radius 2 is 2.10 bits per heavy atom. The molecule has 1 aromatic heterocycles. The molecule has 0 fully saturated rings. The maximum atomic E-state index is 5.92. The van der Waals surface area contributed by atoms with Gasteiger partial charge in [0.05, 0.1) is 23.8 Å². The lowest BCUT2D eigenvalue weighted by Crippen LogP contribution is -2.18. The van der Waals surface area contributed by atoms with Crippen LogP contribution < -0.4 is 10.5 Å². The molecule has 2 aromatic rings. The Morgan fingerprint density at radius 1 is 1.38 bits per heavy atom. The number of aromatic nitrogens is 2. The lowest BCUT2D eigenvalue weighted by Gasteiger charge is -2.09. The lowest BCUT2D eigenvalue weighted by atomic mass is 10.1. The quantitative estimate of drug-likeness (QED) is 0.899. The van der Waals surface area contributed by atoms with E-state index < -0.39 is 0 Å². The minimum Gasteiger partial charge on any atom is -0.496 e. The van der Waals surface area contributed by atoms with E-state index in [-0.39, 0.29) is 6.04 Å². The third-order valence-electron chi connectivity index (χ3n) is 3.61. The Morgan fingerprint density at radius 3 is 2.67 bits per heavy atom. The van der Waals surface area contributed by atoms with Gasteiger partial charge < -0.3 is 10.5 Å². The molecule has 0 aliphatic heterocycles. The number of nitrogens with two attached hydrogens (primary N) is 1. The number of aryl methyl sites for hydroxylation is 1. The summed E-state index contributed by atoms with van der Waals surface area (Å²) in [5, 5.41) is 4.65. The smallest absolute Gasteiger partial charge is 0.133 e. The molecule has 0 radical (unpaired) electrons. The number of hydrogen-bond acceptors (Lipinski definition) is 3. The molecule has 0 spiro atoms. The number of rotatable bonds is 5. The van der Waals surface area contributed by atoms with Crippen molar-refractivity contribution in [3.8, 4) is 5.75 Å². The van der Waals surface area contributed by atoms with Crippen molar-refractivity contribution in [2.75, 3.05) is 7.11 Å². The predicted molar refractivity (Wildman–Crippen MR) is 88.9 cm³/mol. The Hall–Kier alpha value is -1.33. The van der Waals surface area contributed by atoms with Gasteiger partial charge in [-0.3, -0.25) is 4.68 Å². The molecule has 0 saturated heterocycles. The average molecular weight is 352 g/mol. The van der Waals surface area contributed by atoms with Crippen molar-refractivity contribution in [1.29, 1.82) is 0 Å². The molecule has 21 heavy (non-hydrogen) atoms. The van der Waals surface area contributed by atoms with Crippen molar-refractivity contribution < 1.29 is 4.74 Å². The van der Waals surface area contributed by atoms with Crippen LogP contribution in [-0.4, -0.2) is 22.9 Å². The molecule has 1 atom stereocenters. The molecule has 4 nitrogen and oxygen atoms in total. The van der Waals surface area contributed by atoms with E-state index in [0.29, 0.717) is 0 Å². The third-order valence-corrected chi connectivity index (χ3v) is 4.23. The number of hydrogen-bond donors (Lipinski definition) is 1. The lowest BCUT2D eigenvalue weighted by molar-refractivity contribution is 0.412. The van der Waals surface area contributed by atoms with Gasteiger partial charge in [0, 0.05) is 11.7 Å². The van der Waals surface area contributed by atoms with E-state index in [1.165, 1.54) is 16.8 Å². The van der Waals surface area contributed by atoms with Gasteiger partial charge in [-0.25, -0.2) is 0 Å². The van der Waals surface area contributed by atoms with Crippen molar-refractivity contribution in [3.05, 3.63) is 45.2 Å². The molecule has 1 heterocycles. The van der Waals surface area contributed by atoms with Crippen LogP contribution in [-0.2, 0) is 13.0 Å². The first-order valence-electron chi connectivity index (χ1n) is 7.03. The Bertz CT molecular complexity index is 635. The summed E-state index contributed by atoms with van der Waals surface area (Å²) in [4.78, 5) is 0. The molecular weight excluding hydrogens is 330 g/mol. The fourth-order valence-corrected chi connectivity index (χ4v) is 3.07. The second-order valence-electron chi connectivity index (χ2n) is 5.46. The topological polar surface area (TPSA) is 53.1 Å². The molecule has 0 saturated carbocycles. The zero-order chi connectivity index (χ0) is 15.6. The zero-order valence-corrected chi connectivity index (χ0v) is 14.6. The SMILES string of the molecule is COc1ccc(Cn2nc(C)c(CC(C)N)c2C)cc1Br. The largest absolute Gasteiger partial charge is 0.496 e. The number of nitrogens with zero attached hydrogens (tertiary/aromatic N) is 2. The highest BCUT2D eigenvalue weighted by molar-refractivity contribution is 9.10. The van der Waals surface area contributed by atoms with Crippen LogP contribution >= 0.6 is 15.9 Å². The molecule has 0 aliphatic carbocycles. The minimum absolute atomic E-state index is 0.148. The Kier molecular flexibility index (Phi) is 5.06. The second kappa shape index (κ2) is 6.62. The summed E-state index contributed by atoms with van der Waals surface area (Å²) in [5.41, 5.74) is 10.6. The van der Waals surface area contributed by atoms with Crippen molar-refractivity contribution in [1.82, 2.24) is 9.78 Å². The van der Waals surface area contributed by atoms with Gasteiger partial charge >= 0.3 is 0 Å². The average Bonchev–Trinajstić information content (AvgIpc) is 2.66. The Balaban J connectivity index is 2.26. The third kappa shape index (κ3) is 3.66. The predicted octanol–water partition coefficient (Wildman–Crippen LogP) is 3.21. The number of methoxy groups -OCH3 is 1. The van der Waals surface area contributed by atoms with Crippen LogP contribution in [0.15, 0.2) is 22.7 Å². The maximum absolute atomic E-state index is 5.92. The van der Waals surface area contributed by atoms with E-state index in [9.17, 15) is 0 Å². The normalized spacial score (nSPS) is 12.5. The fraction of sp³-hybridized carbons (Fsp3) is 0.438. The highest BCUT2D eigenvalue weighted by Gasteiger charge is 2.13. The molecule has 2 N–H and O–H groups in total. The second-order valence-corrected chi connectivity index (χ2v) is 6.31. The molecule has 1 unspecified atom stereocenters. The van der Waals surface area contributed by atoms with Crippen LogP contribution in [0, 0.1) is 13.8 Å². The molecule has 114 valence electrons. The summed E-state index contributed by atoms with van der Waals surface area (Å²) in [6.45, 7) is 6.92. The summed E-state index contributed by atoms with van der Waals surface area (Å²) >= 11 is 3.52. The molecule has 5 heteroatoms. The first-order valence-corrected chi connectivity index (χ1v) is 7.82. The number of halogens is 1. The summed E-state index contributed by atoms with van der Waals surface area (Å²) in [6.07, 6.45) is 0.865. The molecule has 1 aromatic carbocycles. The van der Waals surface area contributed by atoms with Gasteiger partial charge in [0.15, 0.2) is 0 Å². The van der Waals surface area contributed by atoms with Crippen molar-refractivity contribution in [2.45, 2.75) is 39.8 Å². The molecule has 2 rings (SSSR count). The van der Waals surface area contributed by atoms with E-state index in [1.54, 1.807) is 7.11 Å². The molecular formula is C16H22BrN3O. The first-order chi connectivity index (χ1) is 9.92.